The fraction of sp³-hybridized carbons (Fsp3) is 0.200. The molecule has 0 unspecified atom stereocenters. The highest BCUT2D eigenvalue weighted by Gasteiger charge is 2.18. The first-order valence-electron chi connectivity index (χ1n) is 8.48. The number of hydrogen-bond acceptors (Lipinski definition) is 5. The molecule has 0 bridgehead atoms. The lowest BCUT2D eigenvalue weighted by Crippen LogP contribution is -2.40. The summed E-state index contributed by atoms with van der Waals surface area (Å²) in [4.78, 5) is 26.7. The van der Waals surface area contributed by atoms with E-state index in [4.69, 9.17) is 0 Å². The van der Waals surface area contributed by atoms with Crippen LogP contribution in [0.5, 0.6) is 0 Å². The molecular weight excluding hydrogens is 380 g/mol. The van der Waals surface area contributed by atoms with Crippen molar-refractivity contribution in [3.8, 4) is 0 Å². The molecule has 1 aromatic carbocycles. The fourth-order valence-electron chi connectivity index (χ4n) is 2.56. The lowest BCUT2D eigenvalue weighted by Gasteiger charge is -2.13. The number of nitrogens with one attached hydrogen (secondary N) is 2. The number of amides is 2. The van der Waals surface area contributed by atoms with Crippen molar-refractivity contribution in [2.45, 2.75) is 25.6 Å². The van der Waals surface area contributed by atoms with Crippen molar-refractivity contribution in [1.82, 2.24) is 10.6 Å². The van der Waals surface area contributed by atoms with Gasteiger partial charge in [-0.1, -0.05) is 36.4 Å². The average molecular weight is 401 g/mol. The molecule has 7 heteroatoms. The van der Waals surface area contributed by atoms with Crippen LogP contribution in [0.1, 0.15) is 39.3 Å². The van der Waals surface area contributed by atoms with Gasteiger partial charge in [-0.05, 0) is 36.1 Å². The Labute approximate surface area is 165 Å². The number of hydrogen-bond donors (Lipinski definition) is 3. The van der Waals surface area contributed by atoms with Crippen LogP contribution in [0.3, 0.4) is 0 Å². The maximum Gasteiger partial charge on any atom is 0.309 e. The zero-order valence-electron chi connectivity index (χ0n) is 14.7. The summed E-state index contributed by atoms with van der Waals surface area (Å²) < 4.78 is 0. The van der Waals surface area contributed by atoms with Crippen molar-refractivity contribution in [3.05, 3.63) is 80.2 Å². The molecule has 0 fully saturated rings. The van der Waals surface area contributed by atoms with Gasteiger partial charge in [-0.3, -0.25) is 9.59 Å². The van der Waals surface area contributed by atoms with Crippen LogP contribution < -0.4 is 10.6 Å². The molecule has 2 aromatic heterocycles. The summed E-state index contributed by atoms with van der Waals surface area (Å²) in [6, 6.07) is 16.7. The lowest BCUT2D eigenvalue weighted by atomic mass is 10.1. The molecule has 2 heterocycles. The van der Waals surface area contributed by atoms with Crippen LogP contribution in [0.2, 0.25) is 0 Å². The minimum absolute atomic E-state index is 0.244. The molecule has 0 spiro atoms. The zero-order chi connectivity index (χ0) is 19.2. The van der Waals surface area contributed by atoms with Gasteiger partial charge in [0, 0.05) is 14.6 Å². The van der Waals surface area contributed by atoms with Crippen LogP contribution >= 0.6 is 22.7 Å². The molecule has 27 heavy (non-hydrogen) atoms. The van der Waals surface area contributed by atoms with E-state index < -0.39 is 17.9 Å². The van der Waals surface area contributed by atoms with Crippen LogP contribution in [0.15, 0.2) is 60.0 Å². The Balaban J connectivity index is 1.51. The molecule has 0 aliphatic rings. The molecule has 0 saturated heterocycles. The minimum Gasteiger partial charge on any atom is -0.382 e. The number of rotatable bonds is 6. The normalized spacial score (nSPS) is 13.0. The second-order valence-electron chi connectivity index (χ2n) is 6.01. The molecule has 0 aliphatic heterocycles. The monoisotopic (exact) mass is 400 g/mol. The molecule has 3 N–H and O–H groups in total. The summed E-state index contributed by atoms with van der Waals surface area (Å²) >= 11 is 2.91. The quantitative estimate of drug-likeness (QED) is 0.555. The SMILES string of the molecule is C[C@@H](NC(=O)C(=O)NCc1ccc([C@H](O)c2cccs2)s1)c1ccccc1. The highest BCUT2D eigenvalue weighted by molar-refractivity contribution is 7.12. The second-order valence-corrected chi connectivity index (χ2v) is 8.19. The van der Waals surface area contributed by atoms with Gasteiger partial charge in [-0.15, -0.1) is 22.7 Å². The van der Waals surface area contributed by atoms with Crippen LogP contribution in [0.4, 0.5) is 0 Å². The largest absolute Gasteiger partial charge is 0.382 e. The third kappa shape index (κ3) is 5.03. The molecule has 0 aliphatic carbocycles. The number of thiophene rings is 2. The second kappa shape index (κ2) is 8.94. The van der Waals surface area contributed by atoms with Crippen molar-refractivity contribution in [2.24, 2.45) is 0 Å². The van der Waals surface area contributed by atoms with Crippen molar-refractivity contribution < 1.29 is 14.7 Å². The highest BCUT2D eigenvalue weighted by Crippen LogP contribution is 2.30. The number of aliphatic hydroxyl groups is 1. The van der Waals surface area contributed by atoms with Gasteiger partial charge in [-0.25, -0.2) is 0 Å². The topological polar surface area (TPSA) is 78.4 Å². The van der Waals surface area contributed by atoms with E-state index in [1.54, 1.807) is 0 Å². The van der Waals surface area contributed by atoms with E-state index in [9.17, 15) is 14.7 Å². The summed E-state index contributed by atoms with van der Waals surface area (Å²) in [5.41, 5.74) is 0.934. The molecular formula is C20H20N2O3S2. The third-order valence-electron chi connectivity index (χ3n) is 4.04. The predicted molar refractivity (Wildman–Crippen MR) is 108 cm³/mol. The van der Waals surface area contributed by atoms with Gasteiger partial charge in [0.2, 0.25) is 0 Å². The Bertz CT molecular complexity index is 891. The molecule has 3 aromatic rings. The van der Waals surface area contributed by atoms with Gasteiger partial charge in [-0.2, -0.15) is 0 Å². The Kier molecular flexibility index (Phi) is 6.39. The molecule has 0 radical (unpaired) electrons. The standard InChI is InChI=1S/C20H20N2O3S2/c1-13(14-6-3-2-4-7-14)22-20(25)19(24)21-12-15-9-10-17(27-15)18(23)16-8-5-11-26-16/h2-11,13,18,23H,12H2,1H3,(H,21,24)(H,22,25)/t13-,18-/m1/s1. The zero-order valence-corrected chi connectivity index (χ0v) is 16.3. The molecule has 5 nitrogen and oxygen atoms in total. The van der Waals surface area contributed by atoms with E-state index in [0.29, 0.717) is 0 Å². The van der Waals surface area contributed by atoms with Gasteiger partial charge in [0.15, 0.2) is 0 Å². The van der Waals surface area contributed by atoms with E-state index in [1.807, 2.05) is 66.9 Å². The first-order chi connectivity index (χ1) is 13.0. The summed E-state index contributed by atoms with van der Waals surface area (Å²) in [6.45, 7) is 2.08. The van der Waals surface area contributed by atoms with Crippen LogP contribution in [0.25, 0.3) is 0 Å². The number of carbonyl (C=O) groups excluding carboxylic acids is 2. The van der Waals surface area contributed by atoms with E-state index in [2.05, 4.69) is 10.6 Å². The maximum atomic E-state index is 12.1. The van der Waals surface area contributed by atoms with Crippen LogP contribution in [0, 0.1) is 0 Å². The highest BCUT2D eigenvalue weighted by atomic mass is 32.1. The lowest BCUT2D eigenvalue weighted by molar-refractivity contribution is -0.139. The number of aliphatic hydroxyl groups excluding tert-OH is 1. The predicted octanol–water partition coefficient (Wildman–Crippen LogP) is 3.38. The van der Waals surface area contributed by atoms with E-state index in [1.165, 1.54) is 22.7 Å². The minimum atomic E-state index is -0.675. The molecule has 140 valence electrons. The van der Waals surface area contributed by atoms with Crippen LogP contribution in [-0.4, -0.2) is 16.9 Å². The van der Waals surface area contributed by atoms with Crippen LogP contribution in [-0.2, 0) is 16.1 Å². The maximum absolute atomic E-state index is 12.1. The summed E-state index contributed by atoms with van der Waals surface area (Å²) in [7, 11) is 0. The Morgan fingerprint density at radius 1 is 1.00 bits per heavy atom. The van der Waals surface area contributed by atoms with E-state index in [0.717, 1.165) is 20.2 Å². The third-order valence-corrected chi connectivity index (χ3v) is 6.10. The summed E-state index contributed by atoms with van der Waals surface area (Å²) in [5, 5.41) is 17.6. The Hall–Kier alpha value is -2.48. The van der Waals surface area contributed by atoms with Crippen molar-refractivity contribution in [1.29, 1.82) is 0 Å². The molecule has 0 saturated carbocycles. The average Bonchev–Trinajstić information content (AvgIpc) is 3.38. The fourth-order valence-corrected chi connectivity index (χ4v) is 4.32. The van der Waals surface area contributed by atoms with Crippen molar-refractivity contribution >= 4 is 34.5 Å². The first-order valence-corrected chi connectivity index (χ1v) is 10.2. The van der Waals surface area contributed by atoms with Gasteiger partial charge in [0.05, 0.1) is 12.6 Å². The summed E-state index contributed by atoms with van der Waals surface area (Å²) in [5.74, 6) is -1.34. The molecule has 2 atom stereocenters. The molecule has 2 amide bonds. The number of benzene rings is 1. The Morgan fingerprint density at radius 2 is 1.78 bits per heavy atom. The van der Waals surface area contributed by atoms with Crippen molar-refractivity contribution in [3.63, 3.8) is 0 Å². The first kappa shape index (κ1) is 19.3. The smallest absolute Gasteiger partial charge is 0.309 e. The summed E-state index contributed by atoms with van der Waals surface area (Å²) in [6.07, 6.45) is -0.658. The van der Waals surface area contributed by atoms with Gasteiger partial charge in [0.25, 0.3) is 0 Å². The van der Waals surface area contributed by atoms with Gasteiger partial charge < -0.3 is 15.7 Å². The van der Waals surface area contributed by atoms with E-state index in [-0.39, 0.29) is 12.6 Å². The van der Waals surface area contributed by atoms with Gasteiger partial charge in [0.1, 0.15) is 6.10 Å². The van der Waals surface area contributed by atoms with Gasteiger partial charge >= 0.3 is 11.8 Å². The van der Waals surface area contributed by atoms with Crippen molar-refractivity contribution in [2.75, 3.05) is 0 Å². The molecule has 3 rings (SSSR count). The van der Waals surface area contributed by atoms with E-state index >= 15 is 0 Å². The Morgan fingerprint density at radius 3 is 2.48 bits per heavy atom. The number of carbonyl (C=O) groups is 2.